The number of aromatic nitrogens is 5. The lowest BCUT2D eigenvalue weighted by Crippen LogP contribution is -2.36. The van der Waals surface area contributed by atoms with Crippen LogP contribution in [0.1, 0.15) is 19.7 Å². The molecular weight excluding hydrogens is 310 g/mol. The highest BCUT2D eigenvalue weighted by atomic mass is 16.5. The molecule has 9 heteroatoms. The van der Waals surface area contributed by atoms with Crippen LogP contribution < -0.4 is 5.32 Å². The van der Waals surface area contributed by atoms with Crippen LogP contribution in [0.25, 0.3) is 5.82 Å². The summed E-state index contributed by atoms with van der Waals surface area (Å²) in [7, 11) is 0. The van der Waals surface area contributed by atoms with Crippen LogP contribution >= 0.6 is 0 Å². The molecule has 1 N–H and O–H groups in total. The van der Waals surface area contributed by atoms with Crippen molar-refractivity contribution >= 4 is 6.03 Å². The number of nitrogens with zero attached hydrogens (tertiary/aromatic N) is 6. The van der Waals surface area contributed by atoms with Gasteiger partial charge in [-0.15, -0.1) is 15.3 Å². The van der Waals surface area contributed by atoms with Gasteiger partial charge in [-0.1, -0.05) is 13.8 Å². The Balaban J connectivity index is 1.69. The van der Waals surface area contributed by atoms with Crippen molar-refractivity contribution in [2.75, 3.05) is 32.8 Å². The average molecular weight is 333 g/mol. The van der Waals surface area contributed by atoms with Crippen LogP contribution in [0, 0.1) is 5.92 Å². The van der Waals surface area contributed by atoms with Gasteiger partial charge in [0.15, 0.2) is 11.6 Å². The van der Waals surface area contributed by atoms with E-state index in [-0.39, 0.29) is 6.03 Å². The minimum atomic E-state index is -0.238. The summed E-state index contributed by atoms with van der Waals surface area (Å²) >= 11 is 0. The van der Waals surface area contributed by atoms with Crippen molar-refractivity contribution in [3.63, 3.8) is 0 Å². The average Bonchev–Trinajstić information content (AvgIpc) is 3.22. The van der Waals surface area contributed by atoms with Gasteiger partial charge >= 0.3 is 6.03 Å². The Morgan fingerprint density at radius 1 is 1.38 bits per heavy atom. The fraction of sp³-hybridized carbons (Fsp3) is 0.600. The van der Waals surface area contributed by atoms with Gasteiger partial charge in [0.25, 0.3) is 0 Å². The lowest BCUT2D eigenvalue weighted by Gasteiger charge is -2.25. The highest BCUT2D eigenvalue weighted by molar-refractivity contribution is 5.75. The normalized spacial score (nSPS) is 15.8. The second-order valence-electron chi connectivity index (χ2n) is 6.20. The van der Waals surface area contributed by atoms with E-state index in [9.17, 15) is 4.79 Å². The predicted molar refractivity (Wildman–Crippen MR) is 86.9 cm³/mol. The molecule has 1 amide bonds. The molecule has 3 heterocycles. The predicted octanol–water partition coefficient (Wildman–Crippen LogP) is 0.510. The van der Waals surface area contributed by atoms with E-state index in [1.807, 2.05) is 18.4 Å². The highest BCUT2D eigenvalue weighted by Crippen LogP contribution is 2.10. The van der Waals surface area contributed by atoms with Crippen molar-refractivity contribution in [1.29, 1.82) is 0 Å². The van der Waals surface area contributed by atoms with Crippen LogP contribution in [0.15, 0.2) is 18.6 Å². The number of amides is 1. The molecule has 0 aromatic carbocycles. The van der Waals surface area contributed by atoms with E-state index in [4.69, 9.17) is 4.74 Å². The van der Waals surface area contributed by atoms with Gasteiger partial charge in [0.05, 0.1) is 19.8 Å². The molecule has 9 nitrogen and oxygen atoms in total. The van der Waals surface area contributed by atoms with Crippen molar-refractivity contribution in [2.24, 2.45) is 5.92 Å². The third kappa shape index (κ3) is 3.98. The van der Waals surface area contributed by atoms with Crippen molar-refractivity contribution in [3.05, 3.63) is 24.4 Å². The van der Waals surface area contributed by atoms with Crippen LogP contribution in [0.5, 0.6) is 0 Å². The van der Waals surface area contributed by atoms with Crippen molar-refractivity contribution in [1.82, 2.24) is 34.8 Å². The Labute approximate surface area is 140 Å². The number of rotatable bonds is 5. The third-order valence-corrected chi connectivity index (χ3v) is 3.78. The van der Waals surface area contributed by atoms with Crippen molar-refractivity contribution in [3.8, 4) is 5.82 Å². The lowest BCUT2D eigenvalue weighted by molar-refractivity contribution is 0.0328. The van der Waals surface area contributed by atoms with E-state index in [1.165, 1.54) is 4.68 Å². The molecule has 2 aromatic heterocycles. The summed E-state index contributed by atoms with van der Waals surface area (Å²) < 4.78 is 8.47. The Morgan fingerprint density at radius 2 is 2.17 bits per heavy atom. The maximum atomic E-state index is 12.1. The van der Waals surface area contributed by atoms with E-state index in [0.29, 0.717) is 24.8 Å². The molecule has 0 aliphatic carbocycles. The fourth-order valence-corrected chi connectivity index (χ4v) is 2.45. The maximum absolute atomic E-state index is 12.1. The van der Waals surface area contributed by atoms with Gasteiger partial charge in [0.2, 0.25) is 0 Å². The van der Waals surface area contributed by atoms with Crippen molar-refractivity contribution < 1.29 is 9.53 Å². The van der Waals surface area contributed by atoms with Gasteiger partial charge < -0.3 is 10.1 Å². The molecule has 1 saturated heterocycles. The van der Waals surface area contributed by atoms with Gasteiger partial charge in [-0.05, 0) is 5.92 Å². The summed E-state index contributed by atoms with van der Waals surface area (Å²) in [6.45, 7) is 8.60. The standard InChI is InChI=1S/C15H23N7O2/c1-12(2)9-16-15(23)22-4-3-13(19-22)21-11-17-18-14(21)10-20-5-7-24-8-6-20/h3-4,11-12H,5-10H2,1-2H3,(H,16,23). The van der Waals surface area contributed by atoms with Crippen molar-refractivity contribution in [2.45, 2.75) is 20.4 Å². The van der Waals surface area contributed by atoms with Crippen LogP contribution in [-0.4, -0.2) is 68.3 Å². The molecule has 0 radical (unpaired) electrons. The first-order valence-corrected chi connectivity index (χ1v) is 8.16. The minimum Gasteiger partial charge on any atom is -0.379 e. The van der Waals surface area contributed by atoms with E-state index >= 15 is 0 Å². The molecule has 0 saturated carbocycles. The number of ether oxygens (including phenoxy) is 1. The molecule has 0 spiro atoms. The number of hydrogen-bond donors (Lipinski definition) is 1. The quantitative estimate of drug-likeness (QED) is 0.857. The zero-order valence-corrected chi connectivity index (χ0v) is 14.1. The summed E-state index contributed by atoms with van der Waals surface area (Å²) in [5, 5.41) is 15.3. The summed E-state index contributed by atoms with van der Waals surface area (Å²) in [5.41, 5.74) is 0. The van der Waals surface area contributed by atoms with Gasteiger partial charge in [0, 0.05) is 31.9 Å². The topological polar surface area (TPSA) is 90.1 Å². The molecule has 1 aliphatic heterocycles. The molecule has 24 heavy (non-hydrogen) atoms. The minimum absolute atomic E-state index is 0.238. The summed E-state index contributed by atoms with van der Waals surface area (Å²) in [4.78, 5) is 14.3. The van der Waals surface area contributed by atoms with E-state index in [0.717, 1.165) is 32.1 Å². The van der Waals surface area contributed by atoms with Crippen LogP contribution in [0.4, 0.5) is 4.79 Å². The molecule has 2 aromatic rings. The van der Waals surface area contributed by atoms with E-state index in [1.54, 1.807) is 18.6 Å². The molecule has 0 unspecified atom stereocenters. The monoisotopic (exact) mass is 333 g/mol. The van der Waals surface area contributed by atoms with E-state index < -0.39 is 0 Å². The number of carbonyl (C=O) groups excluding carboxylic acids is 1. The molecular formula is C15H23N7O2. The lowest BCUT2D eigenvalue weighted by atomic mass is 10.2. The molecule has 3 rings (SSSR count). The zero-order valence-electron chi connectivity index (χ0n) is 14.1. The zero-order chi connectivity index (χ0) is 16.9. The first-order valence-electron chi connectivity index (χ1n) is 8.16. The SMILES string of the molecule is CC(C)CNC(=O)n1ccc(-n2cnnc2CN2CCOCC2)n1. The smallest absolute Gasteiger partial charge is 0.342 e. The molecule has 1 aliphatic rings. The first kappa shape index (κ1) is 16.6. The van der Waals surface area contributed by atoms with Crippen LogP contribution in [0.3, 0.4) is 0 Å². The highest BCUT2D eigenvalue weighted by Gasteiger charge is 2.16. The summed E-state index contributed by atoms with van der Waals surface area (Å²) in [6.07, 6.45) is 3.26. The number of morpholine rings is 1. The number of hydrogen-bond acceptors (Lipinski definition) is 6. The Kier molecular flexibility index (Phi) is 5.21. The molecule has 0 atom stereocenters. The summed E-state index contributed by atoms with van der Waals surface area (Å²) in [5.74, 6) is 1.81. The second kappa shape index (κ2) is 7.54. The van der Waals surface area contributed by atoms with Gasteiger partial charge in [-0.25, -0.2) is 4.79 Å². The maximum Gasteiger partial charge on any atom is 0.342 e. The molecule has 1 fully saturated rings. The van der Waals surface area contributed by atoms with Gasteiger partial charge in [-0.2, -0.15) is 4.68 Å². The Hall–Kier alpha value is -2.26. The van der Waals surface area contributed by atoms with Gasteiger partial charge in [-0.3, -0.25) is 9.47 Å². The van der Waals surface area contributed by atoms with Crippen LogP contribution in [-0.2, 0) is 11.3 Å². The third-order valence-electron chi connectivity index (χ3n) is 3.78. The largest absolute Gasteiger partial charge is 0.379 e. The number of carbonyl (C=O) groups is 1. The second-order valence-corrected chi connectivity index (χ2v) is 6.20. The fourth-order valence-electron chi connectivity index (χ4n) is 2.45. The van der Waals surface area contributed by atoms with Crippen LogP contribution in [0.2, 0.25) is 0 Å². The first-order chi connectivity index (χ1) is 11.6. The Bertz CT molecular complexity index is 673. The number of nitrogens with one attached hydrogen (secondary N) is 1. The molecule has 0 bridgehead atoms. The van der Waals surface area contributed by atoms with Gasteiger partial charge in [0.1, 0.15) is 6.33 Å². The molecule has 130 valence electrons. The van der Waals surface area contributed by atoms with E-state index in [2.05, 4.69) is 25.5 Å². The summed E-state index contributed by atoms with van der Waals surface area (Å²) in [6, 6.07) is 1.54. The Morgan fingerprint density at radius 3 is 2.92 bits per heavy atom.